The Bertz CT molecular complexity index is 754. The number of rotatable bonds is 2. The van der Waals surface area contributed by atoms with Gasteiger partial charge in [-0.3, -0.25) is 9.59 Å². The Hall–Kier alpha value is -2.11. The summed E-state index contributed by atoms with van der Waals surface area (Å²) in [6.07, 6.45) is -2.96. The molecule has 6 heteroatoms. The second kappa shape index (κ2) is 6.00. The Morgan fingerprint density at radius 2 is 1.96 bits per heavy atom. The summed E-state index contributed by atoms with van der Waals surface area (Å²) in [7, 11) is 0. The average Bonchev–Trinajstić information content (AvgIpc) is 2.95. The van der Waals surface area contributed by atoms with Crippen LogP contribution < -0.4 is 0 Å². The van der Waals surface area contributed by atoms with Gasteiger partial charge in [0.15, 0.2) is 0 Å². The molecule has 1 saturated carbocycles. The van der Waals surface area contributed by atoms with Crippen LogP contribution in [0.25, 0.3) is 0 Å². The van der Waals surface area contributed by atoms with E-state index in [1.165, 1.54) is 6.07 Å². The lowest BCUT2D eigenvalue weighted by Gasteiger charge is -2.37. The van der Waals surface area contributed by atoms with Gasteiger partial charge in [-0.15, -0.1) is 0 Å². The number of Topliss-reactive ketones (excluding diaryl/α,β-unsaturated/α-hetero) is 1. The van der Waals surface area contributed by atoms with E-state index in [-0.39, 0.29) is 24.7 Å². The third-order valence-electron chi connectivity index (χ3n) is 5.39. The number of hydrogen-bond acceptors (Lipinski definition) is 2. The fourth-order valence-corrected chi connectivity index (χ4v) is 3.80. The molecule has 1 unspecified atom stereocenters. The molecule has 1 aromatic rings. The Balaban J connectivity index is 1.88. The lowest BCUT2D eigenvalue weighted by Crippen LogP contribution is -2.45. The molecule has 0 aromatic heterocycles. The van der Waals surface area contributed by atoms with E-state index in [1.807, 2.05) is 0 Å². The molecule has 0 radical (unpaired) electrons. The van der Waals surface area contributed by atoms with Crippen LogP contribution >= 0.6 is 0 Å². The summed E-state index contributed by atoms with van der Waals surface area (Å²) in [6.45, 7) is 6.23. The molecule has 1 aliphatic heterocycles. The van der Waals surface area contributed by atoms with Crippen LogP contribution in [0.1, 0.15) is 42.9 Å². The molecule has 1 fully saturated rings. The van der Waals surface area contributed by atoms with Crippen LogP contribution in [0.4, 0.5) is 13.2 Å². The first-order valence-electron chi connectivity index (χ1n) is 8.29. The minimum atomic E-state index is -4.40. The Morgan fingerprint density at radius 3 is 2.52 bits per heavy atom. The highest BCUT2D eigenvalue weighted by atomic mass is 19.4. The molecule has 0 saturated heterocycles. The molecule has 3 nitrogen and oxygen atoms in total. The SMILES string of the molecule is C=C(C)C1(C(=O)N2CCc3ccc(C(F)(F)F)cc3C2)CCC(=O)C1. The normalized spacial score (nSPS) is 23.5. The third kappa shape index (κ3) is 3.10. The molecule has 1 amide bonds. The molecule has 1 aromatic carbocycles. The first kappa shape index (κ1) is 17.7. The molecule has 2 aliphatic rings. The molecule has 1 aliphatic carbocycles. The van der Waals surface area contributed by atoms with E-state index in [2.05, 4.69) is 6.58 Å². The Kier molecular flexibility index (Phi) is 4.25. The molecule has 1 heterocycles. The second-order valence-corrected chi connectivity index (χ2v) is 7.04. The number of amides is 1. The number of benzene rings is 1. The van der Waals surface area contributed by atoms with Crippen molar-refractivity contribution >= 4 is 11.7 Å². The van der Waals surface area contributed by atoms with Gasteiger partial charge in [-0.25, -0.2) is 0 Å². The molecule has 0 N–H and O–H groups in total. The van der Waals surface area contributed by atoms with E-state index in [9.17, 15) is 22.8 Å². The molecule has 0 bridgehead atoms. The topological polar surface area (TPSA) is 37.4 Å². The summed E-state index contributed by atoms with van der Waals surface area (Å²) < 4.78 is 38.8. The van der Waals surface area contributed by atoms with Crippen LogP contribution in [0, 0.1) is 5.41 Å². The highest BCUT2D eigenvalue weighted by molar-refractivity contribution is 5.95. The van der Waals surface area contributed by atoms with E-state index < -0.39 is 17.2 Å². The molecule has 1 atom stereocenters. The van der Waals surface area contributed by atoms with Crippen molar-refractivity contribution in [1.82, 2.24) is 4.90 Å². The van der Waals surface area contributed by atoms with Crippen molar-refractivity contribution in [2.24, 2.45) is 5.41 Å². The molecule has 0 spiro atoms. The van der Waals surface area contributed by atoms with E-state index in [4.69, 9.17) is 0 Å². The summed E-state index contributed by atoms with van der Waals surface area (Å²) in [6, 6.07) is 3.71. The zero-order valence-corrected chi connectivity index (χ0v) is 14.1. The van der Waals surface area contributed by atoms with Gasteiger partial charge in [0.1, 0.15) is 5.78 Å². The number of carbonyl (C=O) groups is 2. The van der Waals surface area contributed by atoms with Crippen molar-refractivity contribution in [3.05, 3.63) is 47.0 Å². The van der Waals surface area contributed by atoms with E-state index >= 15 is 0 Å². The zero-order chi connectivity index (χ0) is 18.4. The lowest BCUT2D eigenvalue weighted by molar-refractivity contribution is -0.141. The number of nitrogens with zero attached hydrogens (tertiary/aromatic N) is 1. The highest BCUT2D eigenvalue weighted by Crippen LogP contribution is 2.44. The molecule has 3 rings (SSSR count). The van der Waals surface area contributed by atoms with Gasteiger partial charge in [-0.2, -0.15) is 13.2 Å². The van der Waals surface area contributed by atoms with Crippen molar-refractivity contribution in [3.63, 3.8) is 0 Å². The van der Waals surface area contributed by atoms with Crippen LogP contribution in [0.2, 0.25) is 0 Å². The van der Waals surface area contributed by atoms with Gasteiger partial charge in [0.25, 0.3) is 0 Å². The number of halogens is 3. The van der Waals surface area contributed by atoms with E-state index in [0.29, 0.717) is 36.9 Å². The Morgan fingerprint density at radius 1 is 1.24 bits per heavy atom. The minimum Gasteiger partial charge on any atom is -0.337 e. The molecule has 134 valence electrons. The molecular weight excluding hydrogens is 331 g/mol. The van der Waals surface area contributed by atoms with Crippen LogP contribution in [0.15, 0.2) is 30.4 Å². The first-order valence-corrected chi connectivity index (χ1v) is 8.29. The van der Waals surface area contributed by atoms with Gasteiger partial charge < -0.3 is 4.90 Å². The first-order chi connectivity index (χ1) is 11.6. The molecule has 25 heavy (non-hydrogen) atoms. The van der Waals surface area contributed by atoms with Crippen molar-refractivity contribution in [3.8, 4) is 0 Å². The summed E-state index contributed by atoms with van der Waals surface area (Å²) in [5.74, 6) is -0.151. The predicted octanol–water partition coefficient (Wildman–Crippen LogP) is 3.91. The van der Waals surface area contributed by atoms with Crippen LogP contribution in [-0.4, -0.2) is 23.1 Å². The van der Waals surface area contributed by atoms with E-state index in [1.54, 1.807) is 11.8 Å². The minimum absolute atomic E-state index is 0.0353. The number of hydrogen-bond donors (Lipinski definition) is 0. The smallest absolute Gasteiger partial charge is 0.337 e. The maximum absolute atomic E-state index is 13.1. The summed E-state index contributed by atoms with van der Waals surface area (Å²) in [5.41, 5.74) is 0.417. The maximum Gasteiger partial charge on any atom is 0.416 e. The zero-order valence-electron chi connectivity index (χ0n) is 14.1. The summed E-state index contributed by atoms with van der Waals surface area (Å²) in [5, 5.41) is 0. The number of ketones is 1. The maximum atomic E-state index is 13.1. The number of alkyl halides is 3. The van der Waals surface area contributed by atoms with Gasteiger partial charge in [0.2, 0.25) is 5.91 Å². The van der Waals surface area contributed by atoms with Gasteiger partial charge in [-0.1, -0.05) is 18.2 Å². The second-order valence-electron chi connectivity index (χ2n) is 7.04. The van der Waals surface area contributed by atoms with Crippen LogP contribution in [0.3, 0.4) is 0 Å². The third-order valence-corrected chi connectivity index (χ3v) is 5.39. The molecular formula is C19H20F3NO2. The number of carbonyl (C=O) groups excluding carboxylic acids is 2. The Labute approximate surface area is 144 Å². The fraction of sp³-hybridized carbons (Fsp3) is 0.474. The van der Waals surface area contributed by atoms with Crippen molar-refractivity contribution in [2.45, 2.75) is 45.3 Å². The summed E-state index contributed by atoms with van der Waals surface area (Å²) in [4.78, 5) is 26.4. The van der Waals surface area contributed by atoms with Gasteiger partial charge >= 0.3 is 6.18 Å². The van der Waals surface area contributed by atoms with Crippen LogP contribution in [-0.2, 0) is 28.7 Å². The summed E-state index contributed by atoms with van der Waals surface area (Å²) >= 11 is 0. The number of fused-ring (bicyclic) bond motifs is 1. The van der Waals surface area contributed by atoms with E-state index in [0.717, 1.165) is 17.7 Å². The van der Waals surface area contributed by atoms with Crippen molar-refractivity contribution < 1.29 is 22.8 Å². The van der Waals surface area contributed by atoms with Gasteiger partial charge in [0, 0.05) is 25.9 Å². The largest absolute Gasteiger partial charge is 0.416 e. The van der Waals surface area contributed by atoms with Crippen LogP contribution in [0.5, 0.6) is 0 Å². The monoisotopic (exact) mass is 351 g/mol. The van der Waals surface area contributed by atoms with Crippen molar-refractivity contribution in [2.75, 3.05) is 6.54 Å². The van der Waals surface area contributed by atoms with Crippen molar-refractivity contribution in [1.29, 1.82) is 0 Å². The van der Waals surface area contributed by atoms with Gasteiger partial charge in [0.05, 0.1) is 11.0 Å². The lowest BCUT2D eigenvalue weighted by atomic mass is 9.78. The fourth-order valence-electron chi connectivity index (χ4n) is 3.80. The average molecular weight is 351 g/mol. The predicted molar refractivity (Wildman–Crippen MR) is 86.7 cm³/mol. The standard InChI is InChI=1S/C19H20F3NO2/c1-12(2)18(7-5-16(24)10-18)17(25)23-8-6-13-3-4-15(19(20,21)22)9-14(13)11-23/h3-4,9H,1,5-8,10-11H2,2H3. The van der Waals surface area contributed by atoms with Gasteiger partial charge in [-0.05, 0) is 43.0 Å². The highest BCUT2D eigenvalue weighted by Gasteiger charge is 2.48. The quantitative estimate of drug-likeness (QED) is 0.758.